The maximum atomic E-state index is 10.7. The fourth-order valence-electron chi connectivity index (χ4n) is 3.08. The molecule has 0 radical (unpaired) electrons. The van der Waals surface area contributed by atoms with Crippen LogP contribution in [0.4, 0.5) is 0 Å². The van der Waals surface area contributed by atoms with Gasteiger partial charge in [-0.2, -0.15) is 0 Å². The fraction of sp³-hybridized carbons (Fsp3) is 0.857. The molecule has 0 heterocycles. The molecule has 0 aliphatic heterocycles. The molecular formula is C21H40O4. The van der Waals surface area contributed by atoms with Crippen LogP contribution in [0.15, 0.2) is 12.2 Å². The van der Waals surface area contributed by atoms with Crippen LogP contribution >= 0.6 is 0 Å². The van der Waals surface area contributed by atoms with Crippen molar-refractivity contribution in [2.45, 2.75) is 98.4 Å². The molecule has 0 spiro atoms. The van der Waals surface area contributed by atoms with Gasteiger partial charge in [-0.15, -0.1) is 0 Å². The molecule has 0 amide bonds. The number of aliphatic hydroxyl groups excluding tert-OH is 1. The first-order valence-corrected chi connectivity index (χ1v) is 9.88. The van der Waals surface area contributed by atoms with Gasteiger partial charge >= 0.3 is 0 Å². The van der Waals surface area contributed by atoms with Gasteiger partial charge in [0, 0.05) is 12.8 Å². The summed E-state index contributed by atoms with van der Waals surface area (Å²) < 4.78 is 5.72. The van der Waals surface area contributed by atoms with E-state index in [9.17, 15) is 4.79 Å². The highest BCUT2D eigenvalue weighted by Crippen LogP contribution is 2.42. The van der Waals surface area contributed by atoms with Crippen molar-refractivity contribution in [2.75, 3.05) is 6.61 Å². The SMILES string of the molecule is CC(C)C1(C)CCCC(OCCC(O)O)C1.CC=CC(=O)CCCC. The normalized spacial score (nSPS) is 23.8. The third kappa shape index (κ3) is 11.5. The molecule has 2 N–H and O–H groups in total. The molecule has 0 aromatic carbocycles. The largest absolute Gasteiger partial charge is 0.378 e. The number of unbranched alkanes of at least 4 members (excludes halogenated alkanes) is 1. The lowest BCUT2D eigenvalue weighted by molar-refractivity contribution is -0.114. The molecule has 4 heteroatoms. The van der Waals surface area contributed by atoms with Crippen molar-refractivity contribution < 1.29 is 19.7 Å². The first-order chi connectivity index (χ1) is 11.7. The van der Waals surface area contributed by atoms with Gasteiger partial charge in [0.2, 0.25) is 0 Å². The highest BCUT2D eigenvalue weighted by atomic mass is 16.5. The number of carbonyl (C=O) groups excluding carboxylic acids is 1. The Kier molecular flexibility index (Phi) is 13.1. The highest BCUT2D eigenvalue weighted by molar-refractivity contribution is 5.89. The van der Waals surface area contributed by atoms with Crippen molar-refractivity contribution in [3.05, 3.63) is 12.2 Å². The first kappa shape index (κ1) is 24.3. The molecular weight excluding hydrogens is 316 g/mol. The molecule has 0 aromatic rings. The number of aliphatic hydroxyl groups is 2. The summed E-state index contributed by atoms with van der Waals surface area (Å²) in [6.07, 6.45) is 10.4. The molecule has 0 saturated heterocycles. The van der Waals surface area contributed by atoms with E-state index in [1.165, 1.54) is 12.8 Å². The highest BCUT2D eigenvalue weighted by Gasteiger charge is 2.35. The number of rotatable bonds is 9. The molecule has 148 valence electrons. The zero-order chi connectivity index (χ0) is 19.3. The average Bonchev–Trinajstić information content (AvgIpc) is 2.53. The zero-order valence-corrected chi connectivity index (χ0v) is 17.0. The van der Waals surface area contributed by atoms with E-state index in [4.69, 9.17) is 14.9 Å². The number of ketones is 1. The summed E-state index contributed by atoms with van der Waals surface area (Å²) in [5, 5.41) is 17.5. The molecule has 2 atom stereocenters. The summed E-state index contributed by atoms with van der Waals surface area (Å²) in [6, 6.07) is 0. The Morgan fingerprint density at radius 2 is 2.04 bits per heavy atom. The Bertz CT molecular complexity index is 376. The van der Waals surface area contributed by atoms with Crippen molar-refractivity contribution >= 4 is 5.78 Å². The Hall–Kier alpha value is -0.710. The van der Waals surface area contributed by atoms with E-state index in [-0.39, 0.29) is 5.78 Å². The van der Waals surface area contributed by atoms with Crippen LogP contribution in [-0.2, 0) is 9.53 Å². The van der Waals surface area contributed by atoms with Gasteiger partial charge in [0.25, 0.3) is 0 Å². The zero-order valence-electron chi connectivity index (χ0n) is 17.0. The van der Waals surface area contributed by atoms with Crippen LogP contribution < -0.4 is 0 Å². The second-order valence-electron chi connectivity index (χ2n) is 7.74. The van der Waals surface area contributed by atoms with Gasteiger partial charge in [-0.05, 0) is 50.0 Å². The van der Waals surface area contributed by atoms with E-state index in [2.05, 4.69) is 27.7 Å². The van der Waals surface area contributed by atoms with Crippen molar-refractivity contribution in [1.82, 2.24) is 0 Å². The number of allylic oxidation sites excluding steroid dienone is 2. The van der Waals surface area contributed by atoms with Gasteiger partial charge in [-0.25, -0.2) is 0 Å². The van der Waals surface area contributed by atoms with Crippen LogP contribution in [0.5, 0.6) is 0 Å². The van der Waals surface area contributed by atoms with Crippen LogP contribution in [-0.4, -0.2) is 35.0 Å². The van der Waals surface area contributed by atoms with E-state index in [0.717, 1.165) is 25.7 Å². The summed E-state index contributed by atoms with van der Waals surface area (Å²) in [7, 11) is 0. The molecule has 1 fully saturated rings. The average molecular weight is 357 g/mol. The minimum atomic E-state index is -1.24. The van der Waals surface area contributed by atoms with E-state index in [0.29, 0.717) is 36.9 Å². The van der Waals surface area contributed by atoms with Crippen molar-refractivity contribution in [3.63, 3.8) is 0 Å². The predicted octanol–water partition coefficient (Wildman–Crippen LogP) is 4.63. The molecule has 1 saturated carbocycles. The molecule has 25 heavy (non-hydrogen) atoms. The summed E-state index contributed by atoms with van der Waals surface area (Å²) >= 11 is 0. The monoisotopic (exact) mass is 356 g/mol. The summed E-state index contributed by atoms with van der Waals surface area (Å²) in [5.41, 5.74) is 0.390. The summed E-state index contributed by atoms with van der Waals surface area (Å²) in [6.45, 7) is 11.3. The topological polar surface area (TPSA) is 66.8 Å². The van der Waals surface area contributed by atoms with Crippen molar-refractivity contribution in [1.29, 1.82) is 0 Å². The van der Waals surface area contributed by atoms with Gasteiger partial charge in [-0.1, -0.05) is 46.6 Å². The molecule has 0 aromatic heterocycles. The van der Waals surface area contributed by atoms with Crippen molar-refractivity contribution in [2.24, 2.45) is 11.3 Å². The van der Waals surface area contributed by atoms with Gasteiger partial charge in [0.15, 0.2) is 12.1 Å². The van der Waals surface area contributed by atoms with E-state index in [1.807, 2.05) is 6.92 Å². The van der Waals surface area contributed by atoms with E-state index < -0.39 is 6.29 Å². The maximum Gasteiger partial charge on any atom is 0.155 e. The minimum Gasteiger partial charge on any atom is -0.378 e. The lowest BCUT2D eigenvalue weighted by Gasteiger charge is -2.41. The first-order valence-electron chi connectivity index (χ1n) is 9.88. The van der Waals surface area contributed by atoms with Gasteiger partial charge in [0.1, 0.15) is 0 Å². The Morgan fingerprint density at radius 1 is 1.36 bits per heavy atom. The fourth-order valence-corrected chi connectivity index (χ4v) is 3.08. The quantitative estimate of drug-likeness (QED) is 0.467. The number of hydrogen-bond acceptors (Lipinski definition) is 4. The standard InChI is InChI=1S/C13H26O3.C8H14O/c1-10(2)13(3)7-4-5-11(9-13)16-8-6-12(14)15;1-3-5-7-8(9)6-4-2/h10-12,14-15H,4-9H2,1-3H3;4,6H,3,5,7H2,1-2H3. The summed E-state index contributed by atoms with van der Waals surface area (Å²) in [4.78, 5) is 10.7. The maximum absolute atomic E-state index is 10.7. The second kappa shape index (κ2) is 13.5. The molecule has 2 unspecified atom stereocenters. The van der Waals surface area contributed by atoms with E-state index in [1.54, 1.807) is 12.2 Å². The minimum absolute atomic E-state index is 0.249. The molecule has 1 rings (SSSR count). The number of ether oxygens (including phenoxy) is 1. The van der Waals surface area contributed by atoms with Crippen LogP contribution in [0.3, 0.4) is 0 Å². The Labute approximate surface area is 154 Å². The van der Waals surface area contributed by atoms with Crippen molar-refractivity contribution in [3.8, 4) is 0 Å². The smallest absolute Gasteiger partial charge is 0.155 e. The lowest BCUT2D eigenvalue weighted by atomic mass is 9.67. The van der Waals surface area contributed by atoms with Gasteiger partial charge in [-0.3, -0.25) is 4.79 Å². The third-order valence-electron chi connectivity index (χ3n) is 5.22. The predicted molar refractivity (Wildman–Crippen MR) is 103 cm³/mol. The lowest BCUT2D eigenvalue weighted by Crippen LogP contribution is -2.34. The Morgan fingerprint density at radius 3 is 2.56 bits per heavy atom. The number of carbonyl (C=O) groups is 1. The van der Waals surface area contributed by atoms with Crippen LogP contribution in [0.25, 0.3) is 0 Å². The van der Waals surface area contributed by atoms with Gasteiger partial charge < -0.3 is 14.9 Å². The molecule has 1 aliphatic carbocycles. The number of hydrogen-bond donors (Lipinski definition) is 2. The molecule has 1 aliphatic rings. The second-order valence-corrected chi connectivity index (χ2v) is 7.74. The third-order valence-corrected chi connectivity index (χ3v) is 5.22. The van der Waals surface area contributed by atoms with Gasteiger partial charge in [0.05, 0.1) is 12.7 Å². The summed E-state index contributed by atoms with van der Waals surface area (Å²) in [5.74, 6) is 0.932. The molecule has 0 bridgehead atoms. The molecule has 4 nitrogen and oxygen atoms in total. The Balaban J connectivity index is 0.000000547. The van der Waals surface area contributed by atoms with E-state index >= 15 is 0 Å². The van der Waals surface area contributed by atoms with Crippen LogP contribution in [0.2, 0.25) is 0 Å². The van der Waals surface area contributed by atoms with Crippen LogP contribution in [0, 0.1) is 11.3 Å². The van der Waals surface area contributed by atoms with Crippen LogP contribution in [0.1, 0.15) is 86.0 Å².